The highest BCUT2D eigenvalue weighted by Crippen LogP contribution is 2.37. The lowest BCUT2D eigenvalue weighted by Gasteiger charge is -2.28. The van der Waals surface area contributed by atoms with Crippen LogP contribution in [0.4, 0.5) is 5.95 Å². The Morgan fingerprint density at radius 1 is 1.20 bits per heavy atom. The van der Waals surface area contributed by atoms with Crippen LogP contribution >= 0.6 is 23.4 Å². The number of rotatable bonds is 10. The Hall–Kier alpha value is -2.97. The van der Waals surface area contributed by atoms with E-state index in [1.165, 1.54) is 0 Å². The monoisotopic (exact) mass is 512 g/mol. The second-order valence-corrected chi connectivity index (χ2v) is 9.81. The topological polar surface area (TPSA) is 78.3 Å². The molecule has 0 aliphatic carbocycles. The van der Waals surface area contributed by atoms with Gasteiger partial charge in [-0.25, -0.2) is 9.48 Å². The predicted molar refractivity (Wildman–Crippen MR) is 139 cm³/mol. The van der Waals surface area contributed by atoms with Gasteiger partial charge in [-0.15, -0.1) is 5.10 Å². The first kappa shape index (κ1) is 25.1. The van der Waals surface area contributed by atoms with Gasteiger partial charge in [0.15, 0.2) is 0 Å². The molecule has 4 rings (SSSR count). The third-order valence-electron chi connectivity index (χ3n) is 5.55. The van der Waals surface area contributed by atoms with Crippen LogP contribution in [0.3, 0.4) is 0 Å². The molecule has 1 aromatic heterocycles. The van der Waals surface area contributed by atoms with E-state index >= 15 is 0 Å². The maximum Gasteiger partial charge on any atom is 0.338 e. The number of fused-ring (bicyclic) bond motifs is 1. The fraction of sp³-hybridized carbons (Fsp3) is 0.346. The van der Waals surface area contributed by atoms with Crippen molar-refractivity contribution < 1.29 is 14.3 Å². The summed E-state index contributed by atoms with van der Waals surface area (Å²) < 4.78 is 13.3. The van der Waals surface area contributed by atoms with Gasteiger partial charge in [-0.2, -0.15) is 4.98 Å². The molecule has 0 fully saturated rings. The summed E-state index contributed by atoms with van der Waals surface area (Å²) in [6, 6.07) is 14.8. The van der Waals surface area contributed by atoms with Crippen molar-refractivity contribution in [1.29, 1.82) is 0 Å². The van der Waals surface area contributed by atoms with Crippen molar-refractivity contribution in [3.05, 3.63) is 76.0 Å². The predicted octanol–water partition coefficient (Wildman–Crippen LogP) is 6.25. The fourth-order valence-corrected chi connectivity index (χ4v) is 4.59. The van der Waals surface area contributed by atoms with Crippen molar-refractivity contribution in [2.24, 2.45) is 0 Å². The Morgan fingerprint density at radius 2 is 2.00 bits per heavy atom. The van der Waals surface area contributed by atoms with Gasteiger partial charge >= 0.3 is 5.97 Å². The number of aromatic nitrogens is 3. The van der Waals surface area contributed by atoms with E-state index in [0.717, 1.165) is 35.5 Å². The molecule has 2 aromatic carbocycles. The molecule has 1 unspecified atom stereocenters. The molecule has 0 bridgehead atoms. The number of ether oxygens (including phenoxy) is 2. The first-order valence-corrected chi connectivity index (χ1v) is 13.1. The van der Waals surface area contributed by atoms with Crippen molar-refractivity contribution in [1.82, 2.24) is 14.8 Å². The molecule has 35 heavy (non-hydrogen) atoms. The van der Waals surface area contributed by atoms with E-state index in [4.69, 9.17) is 21.1 Å². The van der Waals surface area contributed by atoms with Gasteiger partial charge in [-0.3, -0.25) is 0 Å². The zero-order valence-corrected chi connectivity index (χ0v) is 21.7. The van der Waals surface area contributed by atoms with Crippen LogP contribution in [0.2, 0.25) is 5.02 Å². The molecule has 1 N–H and O–H groups in total. The molecule has 1 atom stereocenters. The molecule has 9 heteroatoms. The van der Waals surface area contributed by atoms with Gasteiger partial charge in [0.1, 0.15) is 18.4 Å². The van der Waals surface area contributed by atoms with Crippen LogP contribution < -0.4 is 10.1 Å². The number of allylic oxidation sites excluding steroid dienone is 1. The summed E-state index contributed by atoms with van der Waals surface area (Å²) in [5, 5.41) is 9.26. The van der Waals surface area contributed by atoms with Crippen molar-refractivity contribution in [2.75, 3.05) is 17.7 Å². The summed E-state index contributed by atoms with van der Waals surface area (Å²) in [7, 11) is 0. The van der Waals surface area contributed by atoms with Gasteiger partial charge in [0, 0.05) is 10.7 Å². The Kier molecular flexibility index (Phi) is 8.36. The number of halogens is 1. The first-order valence-electron chi connectivity index (χ1n) is 11.7. The average Bonchev–Trinajstić information content (AvgIpc) is 3.24. The lowest BCUT2D eigenvalue weighted by Crippen LogP contribution is -2.29. The van der Waals surface area contributed by atoms with Crippen LogP contribution in [0.15, 0.2) is 65.0 Å². The van der Waals surface area contributed by atoms with E-state index in [2.05, 4.69) is 29.2 Å². The number of thioether (sulfide) groups is 1. The molecule has 0 amide bonds. The molecule has 0 saturated carbocycles. The SMILES string of the molecule is CCCCOC(=O)C1=C(C)Nc2nc(SCC)nn2C1c1ccc(OCc2cccc(Cl)c2)cc1. The molecular formula is C26H29ClN4O3S. The van der Waals surface area contributed by atoms with Crippen LogP contribution in [-0.2, 0) is 16.1 Å². The quantitative estimate of drug-likeness (QED) is 0.195. The minimum absolute atomic E-state index is 0.347. The third kappa shape index (κ3) is 6.00. The fourth-order valence-electron chi connectivity index (χ4n) is 3.82. The summed E-state index contributed by atoms with van der Waals surface area (Å²) >= 11 is 7.62. The molecule has 3 aromatic rings. The van der Waals surface area contributed by atoms with Crippen LogP contribution in [0.5, 0.6) is 5.75 Å². The van der Waals surface area contributed by atoms with Crippen LogP contribution in [-0.4, -0.2) is 33.1 Å². The first-order chi connectivity index (χ1) is 17.0. The number of nitrogens with one attached hydrogen (secondary N) is 1. The number of carbonyl (C=O) groups is 1. The molecule has 0 saturated heterocycles. The minimum Gasteiger partial charge on any atom is -0.489 e. The second-order valence-electron chi connectivity index (χ2n) is 8.14. The normalized spacial score (nSPS) is 14.9. The molecule has 0 radical (unpaired) electrons. The van der Waals surface area contributed by atoms with Crippen LogP contribution in [0, 0.1) is 0 Å². The van der Waals surface area contributed by atoms with Gasteiger partial charge in [0.25, 0.3) is 0 Å². The van der Waals surface area contributed by atoms with Crippen LogP contribution in [0.25, 0.3) is 0 Å². The Labute approximate surface area is 214 Å². The maximum absolute atomic E-state index is 13.1. The van der Waals surface area contributed by atoms with E-state index < -0.39 is 6.04 Å². The van der Waals surface area contributed by atoms with Crippen molar-refractivity contribution in [3.63, 3.8) is 0 Å². The number of benzene rings is 2. The van der Waals surface area contributed by atoms with Gasteiger partial charge in [-0.05, 0) is 54.5 Å². The smallest absolute Gasteiger partial charge is 0.338 e. The van der Waals surface area contributed by atoms with Crippen molar-refractivity contribution in [3.8, 4) is 5.75 Å². The highest BCUT2D eigenvalue weighted by atomic mass is 35.5. The van der Waals surface area contributed by atoms with Gasteiger partial charge in [0.05, 0.1) is 12.2 Å². The highest BCUT2D eigenvalue weighted by molar-refractivity contribution is 7.99. The summed E-state index contributed by atoms with van der Waals surface area (Å²) in [5.41, 5.74) is 3.12. The lowest BCUT2D eigenvalue weighted by molar-refractivity contribution is -0.139. The molecular weight excluding hydrogens is 484 g/mol. The van der Waals surface area contributed by atoms with Crippen LogP contribution in [0.1, 0.15) is 50.8 Å². The molecule has 0 spiro atoms. The summed E-state index contributed by atoms with van der Waals surface area (Å²) in [6.07, 6.45) is 1.77. The van der Waals surface area contributed by atoms with E-state index in [0.29, 0.717) is 40.6 Å². The average molecular weight is 513 g/mol. The lowest BCUT2D eigenvalue weighted by atomic mass is 9.96. The number of hydrogen-bond donors (Lipinski definition) is 1. The van der Waals surface area contributed by atoms with E-state index in [9.17, 15) is 4.79 Å². The number of hydrogen-bond acceptors (Lipinski definition) is 7. The second kappa shape index (κ2) is 11.6. The standard InChI is InChI=1S/C26H29ClN4O3S/c1-4-6-14-33-24(32)22-17(3)28-25-29-26(35-5-2)30-31(25)23(22)19-10-12-21(13-11-19)34-16-18-8-7-9-20(27)15-18/h7-13,15,23H,4-6,14,16H2,1-3H3,(H,28,29,30). The highest BCUT2D eigenvalue weighted by Gasteiger charge is 2.35. The van der Waals surface area contributed by atoms with Gasteiger partial charge in [-0.1, -0.05) is 67.9 Å². The molecule has 1 aliphatic rings. The van der Waals surface area contributed by atoms with E-state index in [1.807, 2.05) is 55.5 Å². The zero-order valence-electron chi connectivity index (χ0n) is 20.1. The van der Waals surface area contributed by atoms with E-state index in [-0.39, 0.29) is 5.97 Å². The summed E-state index contributed by atoms with van der Waals surface area (Å²) in [4.78, 5) is 17.7. The van der Waals surface area contributed by atoms with E-state index in [1.54, 1.807) is 16.4 Å². The Bertz CT molecular complexity index is 1210. The third-order valence-corrected chi connectivity index (χ3v) is 6.50. The van der Waals surface area contributed by atoms with Gasteiger partial charge in [0.2, 0.25) is 11.1 Å². The molecule has 1 aliphatic heterocycles. The van der Waals surface area contributed by atoms with Crippen molar-refractivity contribution >= 4 is 35.3 Å². The largest absolute Gasteiger partial charge is 0.489 e. The molecule has 2 heterocycles. The zero-order chi connectivity index (χ0) is 24.8. The maximum atomic E-state index is 13.1. The Morgan fingerprint density at radius 3 is 2.71 bits per heavy atom. The number of anilines is 1. The summed E-state index contributed by atoms with van der Waals surface area (Å²) in [5.74, 6) is 1.83. The minimum atomic E-state index is -0.457. The summed E-state index contributed by atoms with van der Waals surface area (Å²) in [6.45, 7) is 6.78. The Balaban J connectivity index is 1.61. The van der Waals surface area contributed by atoms with Gasteiger partial charge < -0.3 is 14.8 Å². The number of esters is 1. The molecule has 7 nitrogen and oxygen atoms in total. The number of nitrogens with zero attached hydrogens (tertiary/aromatic N) is 3. The number of carbonyl (C=O) groups excluding carboxylic acids is 1. The number of unbranched alkanes of at least 4 members (excludes halogenated alkanes) is 1. The molecule has 184 valence electrons. The van der Waals surface area contributed by atoms with Crippen molar-refractivity contribution in [2.45, 2.75) is 51.4 Å².